The Kier molecular flexibility index (Phi) is 7.70. The van der Waals surface area contributed by atoms with Gasteiger partial charge in [-0.2, -0.15) is 5.10 Å². The third kappa shape index (κ3) is 5.26. The van der Waals surface area contributed by atoms with Crippen molar-refractivity contribution in [2.45, 2.75) is 47.6 Å². The molecule has 3 rings (SSSR count). The third-order valence-corrected chi connectivity index (χ3v) is 5.98. The van der Waals surface area contributed by atoms with E-state index in [1.165, 1.54) is 12.1 Å². The van der Waals surface area contributed by atoms with Gasteiger partial charge in [0.2, 0.25) is 5.91 Å². The summed E-state index contributed by atoms with van der Waals surface area (Å²) < 4.78 is 15.9. The summed E-state index contributed by atoms with van der Waals surface area (Å²) in [5, 5.41) is 4.81. The first-order valence-corrected chi connectivity index (χ1v) is 11.5. The molecule has 2 heterocycles. The van der Waals surface area contributed by atoms with Crippen molar-refractivity contribution in [1.82, 2.24) is 19.6 Å². The van der Waals surface area contributed by atoms with Crippen LogP contribution in [0.25, 0.3) is 5.69 Å². The van der Waals surface area contributed by atoms with Crippen molar-refractivity contribution in [1.29, 1.82) is 0 Å². The van der Waals surface area contributed by atoms with Crippen LogP contribution in [0.1, 0.15) is 45.4 Å². The van der Waals surface area contributed by atoms with Crippen LogP contribution in [0.4, 0.5) is 10.2 Å². The minimum Gasteiger partial charge on any atom is -0.354 e. The Bertz CT molecular complexity index is 886. The van der Waals surface area contributed by atoms with Crippen LogP contribution in [-0.4, -0.2) is 64.8 Å². The van der Waals surface area contributed by atoms with Gasteiger partial charge < -0.3 is 14.7 Å². The number of aryl methyl sites for hydroxylation is 1. The number of rotatable bonds is 8. The summed E-state index contributed by atoms with van der Waals surface area (Å²) in [4.78, 5) is 19.6. The first kappa shape index (κ1) is 23.3. The van der Waals surface area contributed by atoms with Gasteiger partial charge >= 0.3 is 0 Å². The lowest BCUT2D eigenvalue weighted by Gasteiger charge is -2.36. The number of anilines is 1. The highest BCUT2D eigenvalue weighted by atomic mass is 19.1. The van der Waals surface area contributed by atoms with Gasteiger partial charge in [-0.25, -0.2) is 9.07 Å². The number of halogens is 1. The Balaban J connectivity index is 2.04. The molecule has 2 aromatic rings. The second-order valence-electron chi connectivity index (χ2n) is 8.62. The molecule has 0 atom stereocenters. The van der Waals surface area contributed by atoms with Crippen molar-refractivity contribution in [2.75, 3.05) is 44.2 Å². The van der Waals surface area contributed by atoms with E-state index < -0.39 is 0 Å². The summed E-state index contributed by atoms with van der Waals surface area (Å²) in [7, 11) is 0. The van der Waals surface area contributed by atoms with Gasteiger partial charge in [0.25, 0.3) is 0 Å². The van der Waals surface area contributed by atoms with Crippen LogP contribution < -0.4 is 4.90 Å². The molecule has 0 radical (unpaired) electrons. The summed E-state index contributed by atoms with van der Waals surface area (Å²) in [6.45, 7) is 16.1. The molecule has 1 fully saturated rings. The maximum atomic E-state index is 14.0. The topological polar surface area (TPSA) is 44.6 Å². The van der Waals surface area contributed by atoms with Crippen LogP contribution in [0.5, 0.6) is 0 Å². The number of amides is 1. The van der Waals surface area contributed by atoms with E-state index in [1.54, 1.807) is 6.07 Å². The SMILES string of the molecule is CCCN(Cc1c(C)nn(-c2cccc(F)c2)c1N1CCN(CC)CC1)C(=O)C(C)C. The second-order valence-corrected chi connectivity index (χ2v) is 8.62. The number of carbonyl (C=O) groups is 1. The molecule has 0 bridgehead atoms. The van der Waals surface area contributed by atoms with Crippen LogP contribution in [0.2, 0.25) is 0 Å². The molecule has 7 heteroatoms. The molecule has 0 N–H and O–H groups in total. The lowest BCUT2D eigenvalue weighted by atomic mass is 10.1. The highest BCUT2D eigenvalue weighted by Gasteiger charge is 2.28. The zero-order chi connectivity index (χ0) is 22.5. The highest BCUT2D eigenvalue weighted by Crippen LogP contribution is 2.30. The van der Waals surface area contributed by atoms with Crippen LogP contribution in [0, 0.1) is 18.7 Å². The van der Waals surface area contributed by atoms with Crippen molar-refractivity contribution >= 4 is 11.7 Å². The van der Waals surface area contributed by atoms with E-state index in [1.807, 2.05) is 36.4 Å². The first-order chi connectivity index (χ1) is 14.8. The molecule has 0 spiro atoms. The monoisotopic (exact) mass is 429 g/mol. The minimum absolute atomic E-state index is 0.0540. The molecular weight excluding hydrogens is 393 g/mol. The Labute approximate surface area is 185 Å². The minimum atomic E-state index is -0.281. The van der Waals surface area contributed by atoms with E-state index >= 15 is 0 Å². The number of likely N-dealkylation sites (N-methyl/N-ethyl adjacent to an activating group) is 1. The van der Waals surface area contributed by atoms with Gasteiger partial charge in [0.05, 0.1) is 17.9 Å². The van der Waals surface area contributed by atoms with Gasteiger partial charge in [-0.3, -0.25) is 4.79 Å². The van der Waals surface area contributed by atoms with Crippen LogP contribution in [-0.2, 0) is 11.3 Å². The molecule has 31 heavy (non-hydrogen) atoms. The van der Waals surface area contributed by atoms with Gasteiger partial charge in [-0.05, 0) is 38.1 Å². The molecule has 170 valence electrons. The molecule has 1 aromatic heterocycles. The lowest BCUT2D eigenvalue weighted by molar-refractivity contribution is -0.135. The molecule has 1 amide bonds. The fourth-order valence-corrected chi connectivity index (χ4v) is 4.21. The predicted octanol–water partition coefficient (Wildman–Crippen LogP) is 3.86. The van der Waals surface area contributed by atoms with E-state index in [4.69, 9.17) is 5.10 Å². The summed E-state index contributed by atoms with van der Waals surface area (Å²) in [6, 6.07) is 6.57. The molecule has 0 saturated carbocycles. The maximum absolute atomic E-state index is 14.0. The quantitative estimate of drug-likeness (QED) is 0.639. The molecule has 1 aliphatic heterocycles. The Morgan fingerprint density at radius 2 is 1.90 bits per heavy atom. The number of aromatic nitrogens is 2. The zero-order valence-electron chi connectivity index (χ0n) is 19.6. The van der Waals surface area contributed by atoms with E-state index in [0.717, 1.165) is 56.2 Å². The summed E-state index contributed by atoms with van der Waals surface area (Å²) in [6.07, 6.45) is 0.903. The molecule has 1 saturated heterocycles. The van der Waals surface area contributed by atoms with E-state index in [-0.39, 0.29) is 17.6 Å². The molecule has 1 aliphatic rings. The molecular formula is C24H36FN5O. The standard InChI is InChI=1S/C24H36FN5O/c1-6-11-29(24(31)18(3)4)17-22-19(5)26-30(21-10-8-9-20(25)16-21)23(22)28-14-12-27(7-2)13-15-28/h8-10,16,18H,6-7,11-15,17H2,1-5H3. The van der Waals surface area contributed by atoms with Crippen LogP contribution in [0.15, 0.2) is 24.3 Å². The summed E-state index contributed by atoms with van der Waals surface area (Å²) in [5.74, 6) is 0.802. The first-order valence-electron chi connectivity index (χ1n) is 11.5. The Hall–Kier alpha value is -2.41. The van der Waals surface area contributed by atoms with Gasteiger partial charge in [-0.1, -0.05) is 33.8 Å². The van der Waals surface area contributed by atoms with Crippen LogP contribution >= 0.6 is 0 Å². The predicted molar refractivity (Wildman–Crippen MR) is 123 cm³/mol. The van der Waals surface area contributed by atoms with Crippen molar-refractivity contribution < 1.29 is 9.18 Å². The molecule has 6 nitrogen and oxygen atoms in total. The maximum Gasteiger partial charge on any atom is 0.225 e. The number of benzene rings is 1. The van der Waals surface area contributed by atoms with Crippen molar-refractivity contribution in [2.24, 2.45) is 5.92 Å². The van der Waals surface area contributed by atoms with Crippen LogP contribution in [0.3, 0.4) is 0 Å². The average Bonchev–Trinajstić information content (AvgIpc) is 3.09. The number of carbonyl (C=O) groups excluding carboxylic acids is 1. The molecule has 0 aliphatic carbocycles. The highest BCUT2D eigenvalue weighted by molar-refractivity contribution is 5.78. The third-order valence-electron chi connectivity index (χ3n) is 5.98. The zero-order valence-corrected chi connectivity index (χ0v) is 19.6. The van der Waals surface area contributed by atoms with Crippen molar-refractivity contribution in [3.8, 4) is 5.69 Å². The largest absolute Gasteiger partial charge is 0.354 e. The van der Waals surface area contributed by atoms with Gasteiger partial charge in [0.1, 0.15) is 11.6 Å². The number of hydrogen-bond acceptors (Lipinski definition) is 4. The normalized spacial score (nSPS) is 15.0. The number of hydrogen-bond donors (Lipinski definition) is 0. The van der Waals surface area contributed by atoms with Gasteiger partial charge in [0, 0.05) is 44.2 Å². The fraction of sp³-hybridized carbons (Fsp3) is 0.583. The Morgan fingerprint density at radius 1 is 1.19 bits per heavy atom. The second kappa shape index (κ2) is 10.3. The molecule has 1 aromatic carbocycles. The van der Waals surface area contributed by atoms with E-state index in [2.05, 4.69) is 23.6 Å². The number of piperazine rings is 1. The van der Waals surface area contributed by atoms with Gasteiger partial charge in [-0.15, -0.1) is 0 Å². The smallest absolute Gasteiger partial charge is 0.225 e. The van der Waals surface area contributed by atoms with Gasteiger partial charge in [0.15, 0.2) is 0 Å². The van der Waals surface area contributed by atoms with E-state index in [0.29, 0.717) is 18.8 Å². The fourth-order valence-electron chi connectivity index (χ4n) is 4.21. The summed E-state index contributed by atoms with van der Waals surface area (Å²) >= 11 is 0. The summed E-state index contributed by atoms with van der Waals surface area (Å²) in [5.41, 5.74) is 2.64. The van der Waals surface area contributed by atoms with E-state index in [9.17, 15) is 9.18 Å². The Morgan fingerprint density at radius 3 is 2.48 bits per heavy atom. The van der Waals surface area contributed by atoms with Crippen molar-refractivity contribution in [3.63, 3.8) is 0 Å². The lowest BCUT2D eigenvalue weighted by Crippen LogP contribution is -2.47. The van der Waals surface area contributed by atoms with Crippen molar-refractivity contribution in [3.05, 3.63) is 41.3 Å². The molecule has 0 unspecified atom stereocenters. The number of nitrogens with zero attached hydrogens (tertiary/aromatic N) is 5. The average molecular weight is 430 g/mol.